The van der Waals surface area contributed by atoms with E-state index in [1.54, 1.807) is 0 Å². The summed E-state index contributed by atoms with van der Waals surface area (Å²) in [6, 6.07) is 9.02. The van der Waals surface area contributed by atoms with Gasteiger partial charge in [-0.15, -0.1) is 0 Å². The molecule has 18 heavy (non-hydrogen) atoms. The van der Waals surface area contributed by atoms with Gasteiger partial charge in [-0.3, -0.25) is 0 Å². The molecule has 4 rings (SSSR count). The summed E-state index contributed by atoms with van der Waals surface area (Å²) < 4.78 is 0. The van der Waals surface area contributed by atoms with Gasteiger partial charge in [0.05, 0.1) is 11.8 Å². The number of anilines is 1. The molecule has 0 radical (unpaired) electrons. The molecule has 2 aliphatic carbocycles. The zero-order chi connectivity index (χ0) is 12.1. The second-order valence-electron chi connectivity index (χ2n) is 5.81. The molecule has 2 saturated carbocycles. The van der Waals surface area contributed by atoms with E-state index in [9.17, 15) is 5.21 Å². The summed E-state index contributed by atoms with van der Waals surface area (Å²) >= 11 is 0. The fourth-order valence-corrected chi connectivity index (χ4v) is 4.26. The summed E-state index contributed by atoms with van der Waals surface area (Å²) in [6.07, 6.45) is 4.87. The van der Waals surface area contributed by atoms with E-state index in [2.05, 4.69) is 34.3 Å². The van der Waals surface area contributed by atoms with Gasteiger partial charge in [-0.05, 0) is 43.2 Å². The first-order valence-electron chi connectivity index (χ1n) is 6.95. The summed E-state index contributed by atoms with van der Waals surface area (Å²) in [5.74, 6) is 1.24. The molecule has 3 atom stereocenters. The number of para-hydroxylation sites is 1. The Morgan fingerprint density at radius 3 is 3.00 bits per heavy atom. The van der Waals surface area contributed by atoms with Crippen LogP contribution in [0.5, 0.6) is 0 Å². The topological polar surface area (TPSA) is 35.8 Å². The van der Waals surface area contributed by atoms with Crippen LogP contribution < -0.4 is 4.90 Å². The van der Waals surface area contributed by atoms with E-state index < -0.39 is 0 Å². The molecule has 1 aliphatic heterocycles. The maximum Gasteiger partial charge on any atom is 0.0828 e. The highest BCUT2D eigenvalue weighted by Gasteiger charge is 2.49. The Kier molecular flexibility index (Phi) is 2.16. The maximum absolute atomic E-state index is 9.33. The van der Waals surface area contributed by atoms with Crippen LogP contribution in [0.2, 0.25) is 0 Å². The SMILES string of the molecule is O/N=C1/[C@H]2CC[C@@H](C2)[C@H]1N1CCc2ccccc21. The molecule has 1 heterocycles. The van der Waals surface area contributed by atoms with E-state index in [0.29, 0.717) is 17.9 Å². The molecule has 1 aromatic carbocycles. The molecular weight excluding hydrogens is 224 g/mol. The van der Waals surface area contributed by atoms with Crippen LogP contribution in [0.15, 0.2) is 29.4 Å². The van der Waals surface area contributed by atoms with Crippen molar-refractivity contribution < 1.29 is 5.21 Å². The molecule has 3 nitrogen and oxygen atoms in total. The normalized spacial score (nSPS) is 35.4. The summed E-state index contributed by atoms with van der Waals surface area (Å²) in [5.41, 5.74) is 3.84. The lowest BCUT2D eigenvalue weighted by Crippen LogP contribution is -2.44. The Morgan fingerprint density at radius 1 is 1.22 bits per heavy atom. The quantitative estimate of drug-likeness (QED) is 0.607. The van der Waals surface area contributed by atoms with Crippen LogP contribution in [0.4, 0.5) is 5.69 Å². The lowest BCUT2D eigenvalue weighted by atomic mass is 9.92. The molecule has 2 fully saturated rings. The molecule has 3 heteroatoms. The average Bonchev–Trinajstić information content (AvgIpc) is 3.11. The first-order chi connectivity index (χ1) is 8.88. The van der Waals surface area contributed by atoms with Crippen LogP contribution in [0.1, 0.15) is 24.8 Å². The van der Waals surface area contributed by atoms with Gasteiger partial charge in [0.1, 0.15) is 0 Å². The molecule has 94 valence electrons. The van der Waals surface area contributed by atoms with E-state index >= 15 is 0 Å². The Balaban J connectivity index is 1.73. The molecule has 0 amide bonds. The van der Waals surface area contributed by atoms with Crippen molar-refractivity contribution in [2.24, 2.45) is 17.0 Å². The highest BCUT2D eigenvalue weighted by atomic mass is 16.4. The van der Waals surface area contributed by atoms with Crippen molar-refractivity contribution in [2.45, 2.75) is 31.7 Å². The molecule has 2 bridgehead atoms. The van der Waals surface area contributed by atoms with E-state index in [1.807, 2.05) is 0 Å². The summed E-state index contributed by atoms with van der Waals surface area (Å²) in [5, 5.41) is 13.0. The number of hydrogen-bond donors (Lipinski definition) is 1. The predicted octanol–water partition coefficient (Wildman–Crippen LogP) is 2.68. The zero-order valence-corrected chi connectivity index (χ0v) is 10.4. The largest absolute Gasteiger partial charge is 0.411 e. The third-order valence-corrected chi connectivity index (χ3v) is 5.02. The fraction of sp³-hybridized carbons (Fsp3) is 0.533. The van der Waals surface area contributed by atoms with E-state index in [4.69, 9.17) is 0 Å². The molecular formula is C15H18N2O. The van der Waals surface area contributed by atoms with E-state index in [1.165, 1.54) is 30.5 Å². The number of benzene rings is 1. The molecule has 1 N–H and O–H groups in total. The minimum Gasteiger partial charge on any atom is -0.411 e. The highest BCUT2D eigenvalue weighted by Crippen LogP contribution is 2.47. The molecule has 0 spiro atoms. The van der Waals surface area contributed by atoms with Gasteiger partial charge in [-0.1, -0.05) is 23.4 Å². The number of fused-ring (bicyclic) bond motifs is 3. The van der Waals surface area contributed by atoms with Crippen molar-refractivity contribution in [3.63, 3.8) is 0 Å². The average molecular weight is 242 g/mol. The van der Waals surface area contributed by atoms with Gasteiger partial charge >= 0.3 is 0 Å². The Morgan fingerprint density at radius 2 is 2.11 bits per heavy atom. The van der Waals surface area contributed by atoms with E-state index in [0.717, 1.165) is 18.7 Å². The molecule has 1 aromatic rings. The van der Waals surface area contributed by atoms with Gasteiger partial charge in [-0.25, -0.2) is 0 Å². The van der Waals surface area contributed by atoms with Gasteiger partial charge in [0, 0.05) is 18.2 Å². The highest BCUT2D eigenvalue weighted by molar-refractivity contribution is 5.97. The van der Waals surface area contributed by atoms with Crippen LogP contribution in [-0.2, 0) is 6.42 Å². The first kappa shape index (κ1) is 10.4. The maximum atomic E-state index is 9.33. The second-order valence-corrected chi connectivity index (χ2v) is 5.81. The van der Waals surface area contributed by atoms with Crippen LogP contribution in [0, 0.1) is 11.8 Å². The molecule has 0 unspecified atom stereocenters. The van der Waals surface area contributed by atoms with Gasteiger partial charge in [0.2, 0.25) is 0 Å². The minimum atomic E-state index is 0.359. The van der Waals surface area contributed by atoms with Gasteiger partial charge in [0.15, 0.2) is 0 Å². The monoisotopic (exact) mass is 242 g/mol. The number of oxime groups is 1. The second kappa shape index (κ2) is 3.74. The third kappa shape index (κ3) is 1.27. The van der Waals surface area contributed by atoms with Crippen molar-refractivity contribution in [2.75, 3.05) is 11.4 Å². The summed E-state index contributed by atoms with van der Waals surface area (Å²) in [4.78, 5) is 2.48. The summed E-state index contributed by atoms with van der Waals surface area (Å²) in [6.45, 7) is 1.08. The number of nitrogens with zero attached hydrogens (tertiary/aromatic N) is 2. The Bertz CT molecular complexity index is 511. The van der Waals surface area contributed by atoms with Crippen molar-refractivity contribution >= 4 is 11.4 Å². The van der Waals surface area contributed by atoms with E-state index in [-0.39, 0.29) is 0 Å². The Hall–Kier alpha value is -1.51. The standard InChI is InChI=1S/C15H18N2O/c18-16-14-11-5-6-12(9-11)15(14)17-8-7-10-3-1-2-4-13(10)17/h1-4,11-12,15,18H,5-9H2/b16-14-/t11-,12-,15+/m0/s1. The predicted molar refractivity (Wildman–Crippen MR) is 71.3 cm³/mol. The molecule has 0 saturated heterocycles. The van der Waals surface area contributed by atoms with Crippen molar-refractivity contribution in [1.82, 2.24) is 0 Å². The van der Waals surface area contributed by atoms with Crippen LogP contribution in [-0.4, -0.2) is 23.5 Å². The van der Waals surface area contributed by atoms with Crippen LogP contribution in [0.25, 0.3) is 0 Å². The van der Waals surface area contributed by atoms with Crippen molar-refractivity contribution in [3.05, 3.63) is 29.8 Å². The molecule has 3 aliphatic rings. The smallest absolute Gasteiger partial charge is 0.0828 e. The van der Waals surface area contributed by atoms with Crippen LogP contribution >= 0.6 is 0 Å². The van der Waals surface area contributed by atoms with Gasteiger partial charge < -0.3 is 10.1 Å². The number of hydrogen-bond acceptors (Lipinski definition) is 3. The van der Waals surface area contributed by atoms with Crippen molar-refractivity contribution in [1.29, 1.82) is 0 Å². The lowest BCUT2D eigenvalue weighted by molar-refractivity contribution is 0.311. The van der Waals surface area contributed by atoms with Crippen LogP contribution in [0.3, 0.4) is 0 Å². The molecule has 0 aromatic heterocycles. The zero-order valence-electron chi connectivity index (χ0n) is 10.4. The lowest BCUT2D eigenvalue weighted by Gasteiger charge is -2.33. The number of rotatable bonds is 1. The summed E-state index contributed by atoms with van der Waals surface area (Å²) in [7, 11) is 0. The fourth-order valence-electron chi connectivity index (χ4n) is 4.26. The van der Waals surface area contributed by atoms with Crippen molar-refractivity contribution in [3.8, 4) is 0 Å². The van der Waals surface area contributed by atoms with Gasteiger partial charge in [0.25, 0.3) is 0 Å². The Labute approximate surface area is 107 Å². The third-order valence-electron chi connectivity index (χ3n) is 5.02. The van der Waals surface area contributed by atoms with Gasteiger partial charge in [-0.2, -0.15) is 0 Å². The minimum absolute atomic E-state index is 0.359. The first-order valence-corrected chi connectivity index (χ1v) is 6.95.